The lowest BCUT2D eigenvalue weighted by Crippen LogP contribution is -2.20. The monoisotopic (exact) mass is 281 g/mol. The first kappa shape index (κ1) is 15.8. The van der Waals surface area contributed by atoms with Gasteiger partial charge in [-0.05, 0) is 23.9 Å². The number of nitriles is 1. The van der Waals surface area contributed by atoms with E-state index >= 15 is 0 Å². The molecule has 0 aliphatic heterocycles. The summed E-state index contributed by atoms with van der Waals surface area (Å²) in [5.74, 6) is 0.441. The highest BCUT2D eigenvalue weighted by molar-refractivity contribution is 8.76. The zero-order chi connectivity index (χ0) is 12.4. The first-order valence-corrected chi connectivity index (χ1v) is 8.22. The highest BCUT2D eigenvalue weighted by Crippen LogP contribution is 2.29. The Hall–Kier alpha value is -0.190. The first-order chi connectivity index (χ1) is 7.61. The molecule has 7 heteroatoms. The minimum absolute atomic E-state index is 0.0113. The van der Waals surface area contributed by atoms with Gasteiger partial charge in [0.2, 0.25) is 0 Å². The lowest BCUT2D eigenvalue weighted by Gasteiger charge is -2.18. The van der Waals surface area contributed by atoms with Crippen molar-refractivity contribution < 1.29 is 14.3 Å². The third-order valence-electron chi connectivity index (χ3n) is 1.63. The molecule has 0 amide bonds. The summed E-state index contributed by atoms with van der Waals surface area (Å²) in [5, 5.41) is 10.3. The van der Waals surface area contributed by atoms with E-state index in [1.807, 2.05) is 6.26 Å². The number of hydrogen-bond acceptors (Lipinski definition) is 7. The number of thiocyanates is 1. The second kappa shape index (κ2) is 10.00. The van der Waals surface area contributed by atoms with Gasteiger partial charge in [-0.3, -0.25) is 0 Å². The average Bonchev–Trinajstić information content (AvgIpc) is 2.24. The largest absolute Gasteiger partial charge is 0.509 e. The van der Waals surface area contributed by atoms with Gasteiger partial charge in [-0.15, -0.1) is 0 Å². The van der Waals surface area contributed by atoms with E-state index in [0.717, 1.165) is 11.8 Å². The molecule has 0 aliphatic rings. The Morgan fingerprint density at radius 2 is 2.12 bits per heavy atom. The molecule has 1 unspecified atom stereocenters. The zero-order valence-corrected chi connectivity index (χ0v) is 11.9. The van der Waals surface area contributed by atoms with Crippen LogP contribution in [0.4, 0.5) is 4.79 Å². The third-order valence-corrected chi connectivity index (χ3v) is 4.43. The molecule has 0 heterocycles. The van der Waals surface area contributed by atoms with Crippen molar-refractivity contribution in [3.05, 3.63) is 0 Å². The maximum Gasteiger partial charge on any atom is 0.509 e. The van der Waals surface area contributed by atoms with Crippen LogP contribution < -0.4 is 0 Å². The fraction of sp³-hybridized carbons (Fsp3) is 0.778. The molecule has 0 aromatic carbocycles. The molecule has 0 radical (unpaired) electrons. The molecule has 0 N–H and O–H groups in total. The molecule has 0 rings (SSSR count). The lowest BCUT2D eigenvalue weighted by atomic mass is 10.1. The molecule has 0 aromatic heterocycles. The molecular weight excluding hydrogens is 266 g/mol. The van der Waals surface area contributed by atoms with E-state index in [2.05, 4.69) is 18.6 Å². The predicted molar refractivity (Wildman–Crippen MR) is 70.2 cm³/mol. The summed E-state index contributed by atoms with van der Waals surface area (Å²) >= 11 is 0.860. The van der Waals surface area contributed by atoms with Crippen molar-refractivity contribution in [2.75, 3.05) is 18.8 Å². The van der Waals surface area contributed by atoms with Crippen molar-refractivity contribution in [1.29, 1.82) is 5.26 Å². The number of ether oxygens (including phenoxy) is 2. The standard InChI is InChI=1S/C9H15NO3S3/c1-7(2)8(16-14-3)4-12-9(11)13-6-15-5-10/h7-8H,4,6H2,1-3H3. The van der Waals surface area contributed by atoms with Crippen molar-refractivity contribution in [2.45, 2.75) is 19.1 Å². The molecule has 0 spiro atoms. The summed E-state index contributed by atoms with van der Waals surface area (Å²) in [7, 11) is 3.33. The van der Waals surface area contributed by atoms with Gasteiger partial charge >= 0.3 is 6.16 Å². The van der Waals surface area contributed by atoms with Gasteiger partial charge in [0.25, 0.3) is 0 Å². The molecule has 92 valence electrons. The van der Waals surface area contributed by atoms with E-state index in [1.165, 1.54) is 0 Å². The summed E-state index contributed by atoms with van der Waals surface area (Å²) < 4.78 is 9.60. The SMILES string of the molecule is CSSC(COC(=O)OCSC#N)C(C)C. The van der Waals surface area contributed by atoms with Crippen molar-refractivity contribution in [2.24, 2.45) is 5.92 Å². The maximum atomic E-state index is 11.1. The van der Waals surface area contributed by atoms with E-state index in [-0.39, 0.29) is 11.2 Å². The number of carbonyl (C=O) groups excluding carboxylic acids is 1. The minimum Gasteiger partial charge on any atom is -0.433 e. The van der Waals surface area contributed by atoms with Crippen molar-refractivity contribution in [1.82, 2.24) is 0 Å². The van der Waals surface area contributed by atoms with Gasteiger partial charge in [-0.1, -0.05) is 35.4 Å². The van der Waals surface area contributed by atoms with Crippen LogP contribution in [0.25, 0.3) is 0 Å². The molecule has 0 aliphatic carbocycles. The highest BCUT2D eigenvalue weighted by Gasteiger charge is 2.16. The summed E-state index contributed by atoms with van der Waals surface area (Å²) in [4.78, 5) is 11.1. The van der Waals surface area contributed by atoms with Gasteiger partial charge in [-0.25, -0.2) is 4.79 Å². The van der Waals surface area contributed by atoms with Crippen LogP contribution in [0.3, 0.4) is 0 Å². The van der Waals surface area contributed by atoms with Crippen LogP contribution in [0.1, 0.15) is 13.8 Å². The Bertz CT molecular complexity index is 243. The Morgan fingerprint density at radius 1 is 1.44 bits per heavy atom. The van der Waals surface area contributed by atoms with Crippen LogP contribution in [0.15, 0.2) is 0 Å². The Kier molecular flexibility index (Phi) is 9.88. The van der Waals surface area contributed by atoms with Crippen LogP contribution in [0, 0.1) is 16.6 Å². The summed E-state index contributed by atoms with van der Waals surface area (Å²) in [6.07, 6.45) is 1.28. The van der Waals surface area contributed by atoms with E-state index in [9.17, 15) is 4.79 Å². The number of thioether (sulfide) groups is 1. The number of rotatable bonds is 7. The Balaban J connectivity index is 3.74. The van der Waals surface area contributed by atoms with Crippen LogP contribution in [-0.2, 0) is 9.47 Å². The highest BCUT2D eigenvalue weighted by atomic mass is 33.1. The number of hydrogen-bond donors (Lipinski definition) is 0. The maximum absolute atomic E-state index is 11.1. The van der Waals surface area contributed by atoms with Crippen LogP contribution in [-0.4, -0.2) is 30.2 Å². The molecule has 16 heavy (non-hydrogen) atoms. The molecule has 0 saturated heterocycles. The Labute approximate surface area is 108 Å². The summed E-state index contributed by atoms with van der Waals surface area (Å²) in [6.45, 7) is 4.49. The topological polar surface area (TPSA) is 59.3 Å². The molecule has 1 atom stereocenters. The minimum atomic E-state index is -0.713. The normalized spacial score (nSPS) is 11.9. The van der Waals surface area contributed by atoms with Gasteiger partial charge < -0.3 is 9.47 Å². The van der Waals surface area contributed by atoms with E-state index < -0.39 is 6.16 Å². The van der Waals surface area contributed by atoms with Gasteiger partial charge in [-0.2, -0.15) is 5.26 Å². The first-order valence-electron chi connectivity index (χ1n) is 4.61. The average molecular weight is 281 g/mol. The van der Waals surface area contributed by atoms with E-state index in [0.29, 0.717) is 12.5 Å². The van der Waals surface area contributed by atoms with Crippen LogP contribution in [0.2, 0.25) is 0 Å². The van der Waals surface area contributed by atoms with Crippen molar-refractivity contribution in [3.8, 4) is 5.40 Å². The van der Waals surface area contributed by atoms with Gasteiger partial charge in [0.1, 0.15) is 12.0 Å². The van der Waals surface area contributed by atoms with Gasteiger partial charge in [0.15, 0.2) is 5.94 Å². The second-order valence-electron chi connectivity index (χ2n) is 3.10. The van der Waals surface area contributed by atoms with Crippen LogP contribution in [0.5, 0.6) is 0 Å². The van der Waals surface area contributed by atoms with Crippen molar-refractivity contribution in [3.63, 3.8) is 0 Å². The smallest absolute Gasteiger partial charge is 0.433 e. The summed E-state index contributed by atoms with van der Waals surface area (Å²) in [5.41, 5.74) is 0. The number of carbonyl (C=O) groups is 1. The van der Waals surface area contributed by atoms with E-state index in [1.54, 1.807) is 27.0 Å². The quantitative estimate of drug-likeness (QED) is 0.233. The molecule has 0 bridgehead atoms. The zero-order valence-electron chi connectivity index (χ0n) is 9.47. The Morgan fingerprint density at radius 3 is 2.62 bits per heavy atom. The fourth-order valence-corrected chi connectivity index (χ4v) is 3.13. The molecule has 4 nitrogen and oxygen atoms in total. The fourth-order valence-electron chi connectivity index (χ4n) is 0.751. The summed E-state index contributed by atoms with van der Waals surface area (Å²) in [6, 6.07) is 0. The third kappa shape index (κ3) is 8.02. The second-order valence-corrected chi connectivity index (χ2v) is 6.52. The number of nitrogens with zero attached hydrogens (tertiary/aromatic N) is 1. The lowest BCUT2D eigenvalue weighted by molar-refractivity contribution is 0.0670. The molecule has 0 aromatic rings. The predicted octanol–water partition coefficient (Wildman–Crippen LogP) is 3.35. The van der Waals surface area contributed by atoms with Crippen LogP contribution >= 0.6 is 33.3 Å². The molecule has 0 saturated carbocycles. The van der Waals surface area contributed by atoms with Gasteiger partial charge in [0, 0.05) is 0 Å². The molecule has 0 fully saturated rings. The van der Waals surface area contributed by atoms with E-state index in [4.69, 9.17) is 10.00 Å². The molecular formula is C9H15NO3S3. The van der Waals surface area contributed by atoms with Gasteiger partial charge in [0.05, 0.1) is 5.25 Å². The van der Waals surface area contributed by atoms with Crippen molar-refractivity contribution >= 4 is 39.5 Å².